The summed E-state index contributed by atoms with van der Waals surface area (Å²) in [4.78, 5) is 22.0. The Labute approximate surface area is 155 Å². The van der Waals surface area contributed by atoms with Crippen LogP contribution in [0.15, 0.2) is 18.3 Å². The van der Waals surface area contributed by atoms with E-state index in [0.717, 1.165) is 55.6 Å². The van der Waals surface area contributed by atoms with Crippen LogP contribution in [0.25, 0.3) is 11.2 Å². The molecule has 0 spiro atoms. The van der Waals surface area contributed by atoms with E-state index in [4.69, 9.17) is 4.98 Å². The first-order chi connectivity index (χ1) is 12.5. The number of hydrogen-bond donors (Lipinski definition) is 1. The SMILES string of the molecule is CC(C)Cn1c(CC2(CC(=O)NC3CC3)CCCC2)nc2cccnc21. The van der Waals surface area contributed by atoms with Gasteiger partial charge in [0.25, 0.3) is 0 Å². The highest BCUT2D eigenvalue weighted by atomic mass is 16.1. The van der Waals surface area contributed by atoms with E-state index < -0.39 is 0 Å². The molecule has 2 saturated carbocycles. The summed E-state index contributed by atoms with van der Waals surface area (Å²) in [6, 6.07) is 4.44. The number of aromatic nitrogens is 3. The first kappa shape index (κ1) is 17.5. The van der Waals surface area contributed by atoms with Crippen LogP contribution in [-0.4, -0.2) is 26.5 Å². The molecular weight excluding hydrogens is 324 g/mol. The Morgan fingerprint density at radius 1 is 1.35 bits per heavy atom. The summed E-state index contributed by atoms with van der Waals surface area (Å²) in [6.45, 7) is 5.38. The predicted molar refractivity (Wildman–Crippen MR) is 103 cm³/mol. The van der Waals surface area contributed by atoms with Crippen molar-refractivity contribution in [2.24, 2.45) is 11.3 Å². The average Bonchev–Trinajstić information content (AvgIpc) is 3.18. The Bertz CT molecular complexity index is 784. The van der Waals surface area contributed by atoms with Crippen molar-refractivity contribution in [3.8, 4) is 0 Å². The molecule has 2 aromatic heterocycles. The molecule has 5 heteroatoms. The number of imidazole rings is 1. The van der Waals surface area contributed by atoms with Gasteiger partial charge in [0, 0.05) is 31.6 Å². The van der Waals surface area contributed by atoms with Crippen LogP contribution in [0.3, 0.4) is 0 Å². The summed E-state index contributed by atoms with van der Waals surface area (Å²) >= 11 is 0. The number of carbonyl (C=O) groups is 1. The van der Waals surface area contributed by atoms with Crippen molar-refractivity contribution in [3.63, 3.8) is 0 Å². The molecule has 140 valence electrons. The Hall–Kier alpha value is -1.91. The van der Waals surface area contributed by atoms with E-state index in [1.807, 2.05) is 18.3 Å². The molecule has 0 unspecified atom stereocenters. The lowest BCUT2D eigenvalue weighted by atomic mass is 9.79. The topological polar surface area (TPSA) is 59.8 Å². The van der Waals surface area contributed by atoms with Gasteiger partial charge >= 0.3 is 0 Å². The summed E-state index contributed by atoms with van der Waals surface area (Å²) in [6.07, 6.45) is 10.4. The van der Waals surface area contributed by atoms with E-state index >= 15 is 0 Å². The molecule has 0 saturated heterocycles. The van der Waals surface area contributed by atoms with Crippen LogP contribution in [0.2, 0.25) is 0 Å². The summed E-state index contributed by atoms with van der Waals surface area (Å²) in [5.74, 6) is 1.87. The van der Waals surface area contributed by atoms with Crippen LogP contribution in [-0.2, 0) is 17.8 Å². The number of amides is 1. The molecule has 0 radical (unpaired) electrons. The largest absolute Gasteiger partial charge is 0.353 e. The molecule has 1 amide bonds. The molecule has 5 nitrogen and oxygen atoms in total. The van der Waals surface area contributed by atoms with Gasteiger partial charge in [-0.15, -0.1) is 0 Å². The predicted octanol–water partition coefficient (Wildman–Crippen LogP) is 3.86. The monoisotopic (exact) mass is 354 g/mol. The standard InChI is InChI=1S/C21H30N4O/c1-15(2)14-25-18(24-17-6-5-11-22-20(17)25)12-21(9-3-4-10-21)13-19(26)23-16-7-8-16/h5-6,11,15-16H,3-4,7-10,12-14H2,1-2H3,(H,23,26). The van der Waals surface area contributed by atoms with E-state index in [-0.39, 0.29) is 11.3 Å². The Morgan fingerprint density at radius 3 is 2.81 bits per heavy atom. The highest BCUT2D eigenvalue weighted by Crippen LogP contribution is 2.44. The van der Waals surface area contributed by atoms with Gasteiger partial charge in [-0.2, -0.15) is 0 Å². The lowest BCUT2D eigenvalue weighted by Gasteiger charge is -2.28. The molecule has 2 aliphatic carbocycles. The van der Waals surface area contributed by atoms with Gasteiger partial charge in [-0.25, -0.2) is 9.97 Å². The molecule has 0 aromatic carbocycles. The van der Waals surface area contributed by atoms with Crippen LogP contribution < -0.4 is 5.32 Å². The van der Waals surface area contributed by atoms with Crippen molar-refractivity contribution >= 4 is 17.1 Å². The molecule has 0 atom stereocenters. The fourth-order valence-electron chi connectivity index (χ4n) is 4.42. The summed E-state index contributed by atoms with van der Waals surface area (Å²) in [5.41, 5.74) is 2.01. The van der Waals surface area contributed by atoms with E-state index in [0.29, 0.717) is 18.4 Å². The smallest absolute Gasteiger partial charge is 0.220 e. The molecule has 2 heterocycles. The number of carbonyl (C=O) groups excluding carboxylic acids is 1. The highest BCUT2D eigenvalue weighted by Gasteiger charge is 2.38. The third-order valence-corrected chi connectivity index (χ3v) is 5.81. The quantitative estimate of drug-likeness (QED) is 0.821. The van der Waals surface area contributed by atoms with Crippen LogP contribution in [0.5, 0.6) is 0 Å². The number of fused-ring (bicyclic) bond motifs is 1. The van der Waals surface area contributed by atoms with Crippen LogP contribution in [0, 0.1) is 11.3 Å². The number of nitrogens with zero attached hydrogens (tertiary/aromatic N) is 3. The second kappa shape index (κ2) is 7.01. The van der Waals surface area contributed by atoms with E-state index in [1.54, 1.807) is 0 Å². The fourth-order valence-corrected chi connectivity index (χ4v) is 4.42. The minimum atomic E-state index is 0.0646. The van der Waals surface area contributed by atoms with Gasteiger partial charge in [-0.3, -0.25) is 4.79 Å². The molecule has 2 aliphatic rings. The van der Waals surface area contributed by atoms with Gasteiger partial charge in [-0.05, 0) is 49.1 Å². The maximum Gasteiger partial charge on any atom is 0.220 e. The zero-order valence-electron chi connectivity index (χ0n) is 16.0. The molecule has 4 rings (SSSR count). The Morgan fingerprint density at radius 2 is 2.12 bits per heavy atom. The highest BCUT2D eigenvalue weighted by molar-refractivity contribution is 5.77. The fraction of sp³-hybridized carbons (Fsp3) is 0.667. The average molecular weight is 354 g/mol. The Balaban J connectivity index is 1.61. The van der Waals surface area contributed by atoms with Crippen molar-refractivity contribution in [3.05, 3.63) is 24.2 Å². The Kier molecular flexibility index (Phi) is 4.72. The van der Waals surface area contributed by atoms with Gasteiger partial charge in [0.1, 0.15) is 11.3 Å². The maximum absolute atomic E-state index is 12.5. The molecule has 0 aliphatic heterocycles. The first-order valence-corrected chi connectivity index (χ1v) is 10.1. The second-order valence-electron chi connectivity index (χ2n) is 8.78. The molecule has 26 heavy (non-hydrogen) atoms. The molecule has 1 N–H and O–H groups in total. The van der Waals surface area contributed by atoms with Gasteiger partial charge in [0.05, 0.1) is 0 Å². The summed E-state index contributed by atoms with van der Waals surface area (Å²) < 4.78 is 2.29. The maximum atomic E-state index is 12.5. The van der Waals surface area contributed by atoms with Crippen LogP contribution >= 0.6 is 0 Å². The van der Waals surface area contributed by atoms with Crippen LogP contribution in [0.1, 0.15) is 64.6 Å². The second-order valence-corrected chi connectivity index (χ2v) is 8.78. The summed E-state index contributed by atoms with van der Waals surface area (Å²) in [5, 5.41) is 3.19. The van der Waals surface area contributed by atoms with E-state index in [2.05, 4.69) is 28.7 Å². The van der Waals surface area contributed by atoms with Crippen molar-refractivity contribution in [2.75, 3.05) is 0 Å². The third-order valence-electron chi connectivity index (χ3n) is 5.81. The summed E-state index contributed by atoms with van der Waals surface area (Å²) in [7, 11) is 0. The minimum Gasteiger partial charge on any atom is -0.353 e. The van der Waals surface area contributed by atoms with Crippen molar-refractivity contribution in [1.82, 2.24) is 19.9 Å². The van der Waals surface area contributed by atoms with Crippen molar-refractivity contribution < 1.29 is 4.79 Å². The van der Waals surface area contributed by atoms with Gasteiger partial charge in [0.2, 0.25) is 5.91 Å². The van der Waals surface area contributed by atoms with Gasteiger partial charge in [-0.1, -0.05) is 26.7 Å². The lowest BCUT2D eigenvalue weighted by Crippen LogP contribution is -2.33. The minimum absolute atomic E-state index is 0.0646. The van der Waals surface area contributed by atoms with Crippen molar-refractivity contribution in [1.29, 1.82) is 0 Å². The lowest BCUT2D eigenvalue weighted by molar-refractivity contribution is -0.123. The number of hydrogen-bond acceptors (Lipinski definition) is 3. The third kappa shape index (κ3) is 3.76. The molecule has 0 bridgehead atoms. The number of nitrogens with one attached hydrogen (secondary N) is 1. The van der Waals surface area contributed by atoms with E-state index in [9.17, 15) is 4.79 Å². The molecular formula is C21H30N4O. The first-order valence-electron chi connectivity index (χ1n) is 10.1. The van der Waals surface area contributed by atoms with Crippen LogP contribution in [0.4, 0.5) is 0 Å². The zero-order chi connectivity index (χ0) is 18.1. The van der Waals surface area contributed by atoms with E-state index in [1.165, 1.54) is 12.8 Å². The zero-order valence-corrected chi connectivity index (χ0v) is 16.0. The normalized spacial score (nSPS) is 19.3. The van der Waals surface area contributed by atoms with Gasteiger partial charge < -0.3 is 9.88 Å². The molecule has 2 fully saturated rings. The molecule has 2 aromatic rings. The number of pyridine rings is 1. The van der Waals surface area contributed by atoms with Crippen molar-refractivity contribution in [2.45, 2.75) is 77.8 Å². The number of rotatable bonds is 7. The van der Waals surface area contributed by atoms with Gasteiger partial charge in [0.15, 0.2) is 5.65 Å².